The van der Waals surface area contributed by atoms with Crippen LogP contribution >= 0.6 is 0 Å². The van der Waals surface area contributed by atoms with Crippen LogP contribution < -0.4 is 0 Å². The van der Waals surface area contributed by atoms with E-state index in [1.54, 1.807) is 6.92 Å². The predicted octanol–water partition coefficient (Wildman–Crippen LogP) is -0.0128. The van der Waals surface area contributed by atoms with Gasteiger partial charge in [0.25, 0.3) is 0 Å². The van der Waals surface area contributed by atoms with E-state index in [0.717, 1.165) is 12.2 Å². The number of aliphatic hydroxyl groups excluding tert-OH is 1. The second kappa shape index (κ2) is 6.19. The van der Waals surface area contributed by atoms with E-state index in [0.29, 0.717) is 0 Å². The summed E-state index contributed by atoms with van der Waals surface area (Å²) in [5.41, 5.74) is 0. The van der Waals surface area contributed by atoms with E-state index >= 15 is 0 Å². The summed E-state index contributed by atoms with van der Waals surface area (Å²) in [6, 6.07) is 0. The molecule has 74 valence electrons. The molecule has 0 aromatic rings. The fourth-order valence-electron chi connectivity index (χ4n) is 0.534. The third-order valence-electron chi connectivity index (χ3n) is 0.929. The van der Waals surface area contributed by atoms with E-state index in [1.807, 2.05) is 0 Å². The van der Waals surface area contributed by atoms with Crippen molar-refractivity contribution in [3.63, 3.8) is 0 Å². The maximum atomic E-state index is 10.7. The average molecular weight is 188 g/mol. The standard InChI is InChI=1S/C8H12O5/c1-3-12-7(10)4-5-8(11)13-6(2)9/h4-6,9H,3H2,1-2H3/b5-4-. The molecular weight excluding hydrogens is 176 g/mol. The molecule has 0 heterocycles. The fraction of sp³-hybridized carbons (Fsp3) is 0.500. The van der Waals surface area contributed by atoms with Gasteiger partial charge in [0.05, 0.1) is 6.61 Å². The van der Waals surface area contributed by atoms with Crippen LogP contribution in [0.3, 0.4) is 0 Å². The van der Waals surface area contributed by atoms with Gasteiger partial charge in [-0.25, -0.2) is 9.59 Å². The van der Waals surface area contributed by atoms with Crippen molar-refractivity contribution in [2.24, 2.45) is 0 Å². The lowest BCUT2D eigenvalue weighted by Crippen LogP contribution is -2.12. The number of hydrogen-bond donors (Lipinski definition) is 1. The maximum Gasteiger partial charge on any atom is 0.333 e. The highest BCUT2D eigenvalue weighted by Crippen LogP contribution is 1.88. The lowest BCUT2D eigenvalue weighted by molar-refractivity contribution is -0.158. The molecule has 0 aromatic heterocycles. The molecule has 0 aromatic carbocycles. The Morgan fingerprint density at radius 3 is 2.38 bits per heavy atom. The summed E-state index contributed by atoms with van der Waals surface area (Å²) in [5, 5.41) is 8.60. The molecular formula is C8H12O5. The number of carbonyl (C=O) groups excluding carboxylic acids is 2. The Labute approximate surface area is 75.9 Å². The normalized spacial score (nSPS) is 12.5. The van der Waals surface area contributed by atoms with E-state index in [9.17, 15) is 9.59 Å². The van der Waals surface area contributed by atoms with Crippen LogP contribution in [0.25, 0.3) is 0 Å². The van der Waals surface area contributed by atoms with Crippen LogP contribution in [0.5, 0.6) is 0 Å². The van der Waals surface area contributed by atoms with Gasteiger partial charge in [0, 0.05) is 12.2 Å². The zero-order valence-electron chi connectivity index (χ0n) is 7.52. The third kappa shape index (κ3) is 7.02. The molecule has 0 rings (SSSR count). The van der Waals surface area contributed by atoms with E-state index in [-0.39, 0.29) is 6.61 Å². The molecule has 0 aliphatic heterocycles. The van der Waals surface area contributed by atoms with Crippen molar-refractivity contribution in [1.29, 1.82) is 0 Å². The molecule has 13 heavy (non-hydrogen) atoms. The van der Waals surface area contributed by atoms with Crippen LogP contribution in [-0.4, -0.2) is 29.9 Å². The number of esters is 2. The summed E-state index contributed by atoms with van der Waals surface area (Å²) in [6.45, 7) is 3.19. The van der Waals surface area contributed by atoms with Crippen LogP contribution in [0.2, 0.25) is 0 Å². The molecule has 1 atom stereocenters. The molecule has 0 amide bonds. The molecule has 0 aliphatic carbocycles. The van der Waals surface area contributed by atoms with Gasteiger partial charge < -0.3 is 14.6 Å². The molecule has 0 bridgehead atoms. The SMILES string of the molecule is CCOC(=O)/C=C\C(=O)OC(C)O. The molecule has 1 N–H and O–H groups in total. The van der Waals surface area contributed by atoms with E-state index < -0.39 is 18.2 Å². The van der Waals surface area contributed by atoms with Crippen LogP contribution in [0, 0.1) is 0 Å². The van der Waals surface area contributed by atoms with Crippen LogP contribution in [0.1, 0.15) is 13.8 Å². The molecule has 0 saturated carbocycles. The number of aliphatic hydroxyl groups is 1. The van der Waals surface area contributed by atoms with Crippen molar-refractivity contribution in [1.82, 2.24) is 0 Å². The van der Waals surface area contributed by atoms with Gasteiger partial charge in [-0.05, 0) is 13.8 Å². The Balaban J connectivity index is 3.83. The quantitative estimate of drug-likeness (QED) is 0.381. The summed E-state index contributed by atoms with van der Waals surface area (Å²) >= 11 is 0. The Kier molecular flexibility index (Phi) is 5.54. The molecule has 1 unspecified atom stereocenters. The highest BCUT2D eigenvalue weighted by molar-refractivity contribution is 5.91. The van der Waals surface area contributed by atoms with Crippen LogP contribution in [0.4, 0.5) is 0 Å². The first kappa shape index (κ1) is 11.6. The highest BCUT2D eigenvalue weighted by atomic mass is 16.6. The van der Waals surface area contributed by atoms with Gasteiger partial charge >= 0.3 is 11.9 Å². The third-order valence-corrected chi connectivity index (χ3v) is 0.929. The lowest BCUT2D eigenvalue weighted by Gasteiger charge is -2.02. The second-order valence-corrected chi connectivity index (χ2v) is 2.12. The maximum absolute atomic E-state index is 10.7. The smallest absolute Gasteiger partial charge is 0.333 e. The Morgan fingerprint density at radius 2 is 1.92 bits per heavy atom. The number of ether oxygens (including phenoxy) is 2. The monoisotopic (exact) mass is 188 g/mol. The summed E-state index contributed by atoms with van der Waals surface area (Å²) in [4.78, 5) is 21.3. The molecule has 0 fully saturated rings. The Bertz CT molecular complexity index is 207. The summed E-state index contributed by atoms with van der Waals surface area (Å²) in [6.07, 6.45) is 0.651. The zero-order chi connectivity index (χ0) is 10.3. The van der Waals surface area contributed by atoms with E-state index in [4.69, 9.17) is 5.11 Å². The summed E-state index contributed by atoms with van der Waals surface area (Å²) in [7, 11) is 0. The molecule has 0 aliphatic rings. The summed E-state index contributed by atoms with van der Waals surface area (Å²) in [5.74, 6) is -1.41. The minimum atomic E-state index is -1.18. The second-order valence-electron chi connectivity index (χ2n) is 2.12. The van der Waals surface area contributed by atoms with Crippen molar-refractivity contribution in [2.45, 2.75) is 20.1 Å². The number of hydrogen-bond acceptors (Lipinski definition) is 5. The van der Waals surface area contributed by atoms with Gasteiger partial charge in [0.1, 0.15) is 0 Å². The minimum absolute atomic E-state index is 0.245. The first-order valence-electron chi connectivity index (χ1n) is 3.79. The van der Waals surface area contributed by atoms with Crippen molar-refractivity contribution in [3.8, 4) is 0 Å². The van der Waals surface area contributed by atoms with Gasteiger partial charge in [0.15, 0.2) is 6.29 Å². The Morgan fingerprint density at radius 1 is 1.38 bits per heavy atom. The number of carbonyl (C=O) groups is 2. The average Bonchev–Trinajstić information content (AvgIpc) is 2.00. The Hall–Kier alpha value is -1.36. The first-order chi connectivity index (χ1) is 6.06. The lowest BCUT2D eigenvalue weighted by atomic mass is 10.5. The highest BCUT2D eigenvalue weighted by Gasteiger charge is 2.02. The first-order valence-corrected chi connectivity index (χ1v) is 3.79. The van der Waals surface area contributed by atoms with Crippen molar-refractivity contribution in [3.05, 3.63) is 12.2 Å². The molecule has 5 heteroatoms. The predicted molar refractivity (Wildman–Crippen MR) is 43.5 cm³/mol. The van der Waals surface area contributed by atoms with Gasteiger partial charge in [-0.1, -0.05) is 0 Å². The molecule has 0 spiro atoms. The topological polar surface area (TPSA) is 72.8 Å². The van der Waals surface area contributed by atoms with Gasteiger partial charge in [-0.2, -0.15) is 0 Å². The van der Waals surface area contributed by atoms with Crippen LogP contribution in [0.15, 0.2) is 12.2 Å². The number of rotatable bonds is 4. The fourth-order valence-corrected chi connectivity index (χ4v) is 0.534. The molecule has 5 nitrogen and oxygen atoms in total. The molecule has 0 radical (unpaired) electrons. The largest absolute Gasteiger partial charge is 0.463 e. The van der Waals surface area contributed by atoms with Crippen molar-refractivity contribution in [2.75, 3.05) is 6.61 Å². The van der Waals surface area contributed by atoms with E-state index in [1.165, 1.54) is 6.92 Å². The minimum Gasteiger partial charge on any atom is -0.463 e. The summed E-state index contributed by atoms with van der Waals surface area (Å²) < 4.78 is 8.80. The van der Waals surface area contributed by atoms with Gasteiger partial charge in [-0.15, -0.1) is 0 Å². The molecule has 0 saturated heterocycles. The van der Waals surface area contributed by atoms with Gasteiger partial charge in [0.2, 0.25) is 0 Å². The van der Waals surface area contributed by atoms with Crippen molar-refractivity contribution < 1.29 is 24.2 Å². The zero-order valence-corrected chi connectivity index (χ0v) is 7.52. The van der Waals surface area contributed by atoms with Crippen molar-refractivity contribution >= 4 is 11.9 Å². The van der Waals surface area contributed by atoms with E-state index in [2.05, 4.69) is 9.47 Å². The van der Waals surface area contributed by atoms with Gasteiger partial charge in [-0.3, -0.25) is 0 Å². The van der Waals surface area contributed by atoms with Crippen LogP contribution in [-0.2, 0) is 19.1 Å².